The Morgan fingerprint density at radius 3 is 2.89 bits per heavy atom. The van der Waals surface area contributed by atoms with Crippen molar-refractivity contribution in [1.82, 2.24) is 4.98 Å². The highest BCUT2D eigenvalue weighted by molar-refractivity contribution is 6.08. The Morgan fingerprint density at radius 1 is 1.56 bits per heavy atom. The molecule has 98 valence electrons. The Balaban J connectivity index is 2.72. The third-order valence-electron chi connectivity index (χ3n) is 2.05. The number of ether oxygens (including phenoxy) is 2. The lowest BCUT2D eigenvalue weighted by Crippen LogP contribution is -2.43. The van der Waals surface area contributed by atoms with Crippen molar-refractivity contribution in [3.63, 3.8) is 0 Å². The molecule has 1 aromatic rings. The van der Waals surface area contributed by atoms with E-state index in [0.717, 1.165) is 0 Å². The predicted octanol–water partition coefficient (Wildman–Crippen LogP) is -0.0809. The number of amides is 1. The summed E-state index contributed by atoms with van der Waals surface area (Å²) in [5, 5.41) is 2.45. The Bertz CT molecular complexity index is 436. The zero-order chi connectivity index (χ0) is 13.5. The normalized spacial score (nSPS) is 11.5. The number of nitrogens with two attached hydrogens (primary N) is 1. The quantitative estimate of drug-likeness (QED) is 0.562. The van der Waals surface area contributed by atoms with E-state index >= 15 is 0 Å². The molecule has 3 N–H and O–H groups in total. The summed E-state index contributed by atoms with van der Waals surface area (Å²) in [6, 6.07) is 1.82. The van der Waals surface area contributed by atoms with Crippen LogP contribution in [0.1, 0.15) is 6.92 Å². The van der Waals surface area contributed by atoms with Crippen molar-refractivity contribution in [2.75, 3.05) is 19.0 Å². The van der Waals surface area contributed by atoms with Crippen LogP contribution in [0.3, 0.4) is 0 Å². The number of hydrogen-bond acceptors (Lipinski definition) is 6. The Hall–Kier alpha value is -2.15. The van der Waals surface area contributed by atoms with E-state index in [1.165, 1.54) is 13.3 Å². The molecule has 0 spiro atoms. The molecule has 0 bridgehead atoms. The number of carbonyl (C=O) groups excluding carboxylic acids is 2. The second kappa shape index (κ2) is 6.55. The maximum atomic E-state index is 11.7. The van der Waals surface area contributed by atoms with E-state index in [9.17, 15) is 9.59 Å². The van der Waals surface area contributed by atoms with Crippen molar-refractivity contribution in [3.05, 3.63) is 18.3 Å². The molecule has 1 aromatic heterocycles. The number of nitrogens with one attached hydrogen (secondary N) is 1. The second-order valence-corrected chi connectivity index (χ2v) is 3.28. The third-order valence-corrected chi connectivity index (χ3v) is 2.05. The van der Waals surface area contributed by atoms with Gasteiger partial charge in [0.1, 0.15) is 5.69 Å². The van der Waals surface area contributed by atoms with Crippen LogP contribution in [0, 0.1) is 0 Å². The minimum Gasteiger partial charge on any atom is -0.480 e. The number of carbonyl (C=O) groups is 2. The van der Waals surface area contributed by atoms with E-state index in [1.807, 2.05) is 0 Å². The number of methoxy groups -OCH3 is 1. The van der Waals surface area contributed by atoms with Crippen molar-refractivity contribution in [2.24, 2.45) is 5.73 Å². The first kappa shape index (κ1) is 13.9. The molecule has 7 heteroatoms. The molecule has 0 aliphatic rings. The second-order valence-electron chi connectivity index (χ2n) is 3.28. The average Bonchev–Trinajstić information content (AvgIpc) is 2.38. The Labute approximate surface area is 104 Å². The predicted molar refractivity (Wildman–Crippen MR) is 64.0 cm³/mol. The molecule has 1 heterocycles. The van der Waals surface area contributed by atoms with Crippen molar-refractivity contribution >= 4 is 17.6 Å². The van der Waals surface area contributed by atoms with E-state index in [2.05, 4.69) is 15.0 Å². The molecular weight excluding hydrogens is 238 g/mol. The molecule has 0 aliphatic carbocycles. The number of nitrogens with zero attached hydrogens (tertiary/aromatic N) is 1. The number of anilines is 1. The zero-order valence-electron chi connectivity index (χ0n) is 10.2. The molecule has 1 amide bonds. The summed E-state index contributed by atoms with van der Waals surface area (Å²) in [6.45, 7) is 1.79. The monoisotopic (exact) mass is 253 g/mol. The van der Waals surface area contributed by atoms with Gasteiger partial charge in [0, 0.05) is 6.20 Å². The number of esters is 1. The van der Waals surface area contributed by atoms with E-state index in [-0.39, 0.29) is 12.5 Å². The van der Waals surface area contributed by atoms with Crippen LogP contribution in [0.15, 0.2) is 18.3 Å². The van der Waals surface area contributed by atoms with E-state index in [4.69, 9.17) is 10.5 Å². The maximum absolute atomic E-state index is 11.7. The topological polar surface area (TPSA) is 104 Å². The lowest BCUT2D eigenvalue weighted by atomic mass is 10.3. The number of hydrogen-bond donors (Lipinski definition) is 2. The van der Waals surface area contributed by atoms with Gasteiger partial charge in [0.05, 0.1) is 13.7 Å². The molecule has 0 saturated heterocycles. The van der Waals surface area contributed by atoms with Gasteiger partial charge in [0.25, 0.3) is 5.91 Å². The Kier molecular flexibility index (Phi) is 5.06. The van der Waals surface area contributed by atoms with Crippen LogP contribution in [0.25, 0.3) is 0 Å². The highest BCUT2D eigenvalue weighted by Crippen LogP contribution is 2.19. The van der Waals surface area contributed by atoms with Crippen molar-refractivity contribution < 1.29 is 19.1 Å². The molecule has 0 saturated carbocycles. The van der Waals surface area contributed by atoms with Crippen LogP contribution in [0.4, 0.5) is 5.69 Å². The van der Waals surface area contributed by atoms with Gasteiger partial charge in [-0.3, -0.25) is 4.79 Å². The molecule has 0 radical (unpaired) electrons. The SMILES string of the molecule is CCOC(=O)C(N)C(=O)Nc1cccnc1OC. The van der Waals surface area contributed by atoms with Gasteiger partial charge in [-0.2, -0.15) is 0 Å². The van der Waals surface area contributed by atoms with E-state index in [0.29, 0.717) is 5.69 Å². The highest BCUT2D eigenvalue weighted by atomic mass is 16.5. The molecule has 0 aliphatic heterocycles. The molecule has 0 fully saturated rings. The van der Waals surface area contributed by atoms with Crippen LogP contribution < -0.4 is 15.8 Å². The van der Waals surface area contributed by atoms with Gasteiger partial charge in [-0.05, 0) is 19.1 Å². The van der Waals surface area contributed by atoms with E-state index < -0.39 is 17.9 Å². The number of pyridine rings is 1. The standard InChI is InChI=1S/C11H15N3O4/c1-3-18-11(16)8(12)9(15)14-7-5-4-6-13-10(7)17-2/h4-6,8H,3,12H2,1-2H3,(H,14,15). The van der Waals surface area contributed by atoms with Crippen LogP contribution >= 0.6 is 0 Å². The van der Waals surface area contributed by atoms with Gasteiger partial charge >= 0.3 is 5.97 Å². The summed E-state index contributed by atoms with van der Waals surface area (Å²) in [5.41, 5.74) is 5.78. The van der Waals surface area contributed by atoms with Gasteiger partial charge in [0.2, 0.25) is 5.88 Å². The Morgan fingerprint density at radius 2 is 2.28 bits per heavy atom. The van der Waals surface area contributed by atoms with Gasteiger partial charge < -0.3 is 20.5 Å². The molecule has 0 aromatic carbocycles. The van der Waals surface area contributed by atoms with Crippen molar-refractivity contribution in [1.29, 1.82) is 0 Å². The largest absolute Gasteiger partial charge is 0.480 e. The summed E-state index contributed by atoms with van der Waals surface area (Å²) < 4.78 is 9.60. The molecule has 1 atom stereocenters. The third kappa shape index (κ3) is 3.42. The average molecular weight is 253 g/mol. The molecular formula is C11H15N3O4. The first-order chi connectivity index (χ1) is 8.60. The summed E-state index contributed by atoms with van der Waals surface area (Å²) in [7, 11) is 1.42. The van der Waals surface area contributed by atoms with Gasteiger partial charge in [0.15, 0.2) is 6.04 Å². The van der Waals surface area contributed by atoms with Crippen LogP contribution in [-0.2, 0) is 14.3 Å². The minimum atomic E-state index is -1.38. The molecule has 7 nitrogen and oxygen atoms in total. The van der Waals surface area contributed by atoms with Crippen LogP contribution in [-0.4, -0.2) is 36.6 Å². The molecule has 18 heavy (non-hydrogen) atoms. The summed E-state index contributed by atoms with van der Waals surface area (Å²) in [5.74, 6) is -1.22. The van der Waals surface area contributed by atoms with Gasteiger partial charge in [-0.1, -0.05) is 0 Å². The van der Waals surface area contributed by atoms with Crippen LogP contribution in [0.5, 0.6) is 5.88 Å². The van der Waals surface area contributed by atoms with Crippen molar-refractivity contribution in [3.8, 4) is 5.88 Å². The highest BCUT2D eigenvalue weighted by Gasteiger charge is 2.24. The number of rotatable bonds is 5. The summed E-state index contributed by atoms with van der Waals surface area (Å²) in [4.78, 5) is 26.8. The molecule has 1 unspecified atom stereocenters. The van der Waals surface area contributed by atoms with E-state index in [1.54, 1.807) is 19.1 Å². The summed E-state index contributed by atoms with van der Waals surface area (Å²) >= 11 is 0. The smallest absolute Gasteiger partial charge is 0.332 e. The van der Waals surface area contributed by atoms with Gasteiger partial charge in [-0.15, -0.1) is 0 Å². The first-order valence-electron chi connectivity index (χ1n) is 5.32. The first-order valence-corrected chi connectivity index (χ1v) is 5.32. The minimum absolute atomic E-state index is 0.163. The number of aromatic nitrogens is 1. The van der Waals surface area contributed by atoms with Gasteiger partial charge in [-0.25, -0.2) is 9.78 Å². The molecule has 1 rings (SSSR count). The van der Waals surface area contributed by atoms with Crippen LogP contribution in [0.2, 0.25) is 0 Å². The lowest BCUT2D eigenvalue weighted by Gasteiger charge is -2.12. The van der Waals surface area contributed by atoms with Crippen molar-refractivity contribution in [2.45, 2.75) is 13.0 Å². The lowest BCUT2D eigenvalue weighted by molar-refractivity contribution is -0.146. The maximum Gasteiger partial charge on any atom is 0.332 e. The fraction of sp³-hybridized carbons (Fsp3) is 0.364. The fourth-order valence-corrected chi connectivity index (χ4v) is 1.20. The summed E-state index contributed by atoms with van der Waals surface area (Å²) in [6.07, 6.45) is 1.51. The fourth-order valence-electron chi connectivity index (χ4n) is 1.20. The zero-order valence-corrected chi connectivity index (χ0v) is 10.2.